The Balaban J connectivity index is 2.46. The molecule has 0 heterocycles. The Labute approximate surface area is 110 Å². The van der Waals surface area contributed by atoms with Crippen LogP contribution in [0.4, 0.5) is 0 Å². The van der Waals surface area contributed by atoms with Crippen molar-refractivity contribution < 1.29 is 4.79 Å². The molecule has 1 atom stereocenters. The van der Waals surface area contributed by atoms with Crippen LogP contribution in [-0.2, 0) is 17.8 Å². The fourth-order valence-corrected chi connectivity index (χ4v) is 1.94. The molecule has 0 saturated heterocycles. The highest BCUT2D eigenvalue weighted by Crippen LogP contribution is 2.09. The molecule has 0 saturated carbocycles. The van der Waals surface area contributed by atoms with E-state index in [1.807, 2.05) is 12.1 Å². The first-order valence-electron chi connectivity index (χ1n) is 6.79. The maximum absolute atomic E-state index is 11.8. The Bertz CT molecular complexity index is 377. The van der Waals surface area contributed by atoms with Crippen LogP contribution in [0.1, 0.15) is 44.2 Å². The molecule has 1 rings (SSSR count). The van der Waals surface area contributed by atoms with Crippen molar-refractivity contribution in [1.82, 2.24) is 5.32 Å². The second kappa shape index (κ2) is 7.88. The molecular formula is C15H24N2O. The monoisotopic (exact) mass is 248 g/mol. The lowest BCUT2D eigenvalue weighted by Crippen LogP contribution is -2.40. The molecule has 100 valence electrons. The molecular weight excluding hydrogens is 224 g/mol. The van der Waals surface area contributed by atoms with Crippen LogP contribution in [-0.4, -0.2) is 11.9 Å². The van der Waals surface area contributed by atoms with Crippen LogP contribution in [0.25, 0.3) is 0 Å². The predicted octanol–water partition coefficient (Wildman–Crippen LogP) is 2.38. The number of nitrogens with one attached hydrogen (secondary N) is 1. The maximum Gasteiger partial charge on any atom is 0.237 e. The Kier molecular flexibility index (Phi) is 6.44. The molecule has 3 nitrogen and oxygen atoms in total. The normalized spacial score (nSPS) is 12.2. The van der Waals surface area contributed by atoms with E-state index >= 15 is 0 Å². The van der Waals surface area contributed by atoms with Gasteiger partial charge in [0.2, 0.25) is 5.91 Å². The molecule has 0 spiro atoms. The minimum atomic E-state index is -0.376. The van der Waals surface area contributed by atoms with E-state index < -0.39 is 0 Å². The van der Waals surface area contributed by atoms with Crippen LogP contribution < -0.4 is 11.1 Å². The van der Waals surface area contributed by atoms with Gasteiger partial charge in [0.15, 0.2) is 0 Å². The zero-order valence-corrected chi connectivity index (χ0v) is 11.4. The molecule has 0 aliphatic rings. The fraction of sp³-hybridized carbons (Fsp3) is 0.533. The predicted molar refractivity (Wildman–Crippen MR) is 75.2 cm³/mol. The van der Waals surface area contributed by atoms with Crippen LogP contribution in [0, 0.1) is 0 Å². The Morgan fingerprint density at radius 1 is 1.28 bits per heavy atom. The Hall–Kier alpha value is -1.35. The largest absolute Gasteiger partial charge is 0.351 e. The molecule has 1 unspecified atom stereocenters. The first-order valence-corrected chi connectivity index (χ1v) is 6.79. The highest BCUT2D eigenvalue weighted by Gasteiger charge is 2.12. The SMILES string of the molecule is CCCCC(N)C(=O)NCc1ccccc1CC. The number of aryl methyl sites for hydroxylation is 1. The van der Waals surface area contributed by atoms with E-state index in [1.165, 1.54) is 11.1 Å². The van der Waals surface area contributed by atoms with Crippen LogP contribution in [0.3, 0.4) is 0 Å². The molecule has 1 amide bonds. The number of hydrogen-bond acceptors (Lipinski definition) is 2. The van der Waals surface area contributed by atoms with Gasteiger partial charge in [-0.25, -0.2) is 0 Å². The molecule has 18 heavy (non-hydrogen) atoms. The molecule has 0 aromatic heterocycles. The van der Waals surface area contributed by atoms with E-state index in [2.05, 4.69) is 31.3 Å². The Morgan fingerprint density at radius 2 is 1.94 bits per heavy atom. The highest BCUT2D eigenvalue weighted by atomic mass is 16.2. The lowest BCUT2D eigenvalue weighted by Gasteiger charge is -2.13. The molecule has 3 heteroatoms. The van der Waals surface area contributed by atoms with Crippen molar-refractivity contribution in [3.8, 4) is 0 Å². The van der Waals surface area contributed by atoms with Gasteiger partial charge in [-0.05, 0) is 24.0 Å². The van der Waals surface area contributed by atoms with Gasteiger partial charge in [0, 0.05) is 6.54 Å². The van der Waals surface area contributed by atoms with Crippen molar-refractivity contribution in [3.63, 3.8) is 0 Å². The summed E-state index contributed by atoms with van der Waals surface area (Å²) in [6, 6.07) is 7.79. The molecule has 0 fully saturated rings. The zero-order valence-electron chi connectivity index (χ0n) is 11.4. The second-order valence-electron chi connectivity index (χ2n) is 4.59. The summed E-state index contributed by atoms with van der Waals surface area (Å²) in [5.74, 6) is -0.0469. The fourth-order valence-electron chi connectivity index (χ4n) is 1.94. The van der Waals surface area contributed by atoms with Crippen molar-refractivity contribution in [1.29, 1.82) is 0 Å². The van der Waals surface area contributed by atoms with E-state index in [4.69, 9.17) is 5.73 Å². The minimum Gasteiger partial charge on any atom is -0.351 e. The van der Waals surface area contributed by atoms with E-state index in [0.717, 1.165) is 25.7 Å². The molecule has 1 aromatic carbocycles. The molecule has 0 radical (unpaired) electrons. The zero-order chi connectivity index (χ0) is 13.4. The summed E-state index contributed by atoms with van der Waals surface area (Å²) in [4.78, 5) is 11.8. The van der Waals surface area contributed by atoms with Gasteiger partial charge in [-0.3, -0.25) is 4.79 Å². The number of rotatable bonds is 7. The lowest BCUT2D eigenvalue weighted by molar-refractivity contribution is -0.122. The molecule has 3 N–H and O–H groups in total. The third-order valence-electron chi connectivity index (χ3n) is 3.16. The van der Waals surface area contributed by atoms with Crippen LogP contribution >= 0.6 is 0 Å². The van der Waals surface area contributed by atoms with Gasteiger partial charge in [0.25, 0.3) is 0 Å². The van der Waals surface area contributed by atoms with Crippen LogP contribution in [0.5, 0.6) is 0 Å². The summed E-state index contributed by atoms with van der Waals surface area (Å²) >= 11 is 0. The van der Waals surface area contributed by atoms with Crippen molar-refractivity contribution in [2.75, 3.05) is 0 Å². The van der Waals surface area contributed by atoms with Gasteiger partial charge >= 0.3 is 0 Å². The summed E-state index contributed by atoms with van der Waals surface area (Å²) in [5.41, 5.74) is 8.28. The van der Waals surface area contributed by atoms with Gasteiger partial charge in [-0.1, -0.05) is 51.0 Å². The van der Waals surface area contributed by atoms with Gasteiger partial charge < -0.3 is 11.1 Å². The van der Waals surface area contributed by atoms with Gasteiger partial charge in [0.1, 0.15) is 0 Å². The maximum atomic E-state index is 11.8. The van der Waals surface area contributed by atoms with Crippen molar-refractivity contribution in [2.24, 2.45) is 5.73 Å². The van der Waals surface area contributed by atoms with Gasteiger partial charge in [0.05, 0.1) is 6.04 Å². The van der Waals surface area contributed by atoms with E-state index in [-0.39, 0.29) is 11.9 Å². The van der Waals surface area contributed by atoms with Gasteiger partial charge in [-0.15, -0.1) is 0 Å². The first kappa shape index (κ1) is 14.7. The average molecular weight is 248 g/mol. The molecule has 0 bridgehead atoms. The summed E-state index contributed by atoms with van der Waals surface area (Å²) in [7, 11) is 0. The van der Waals surface area contributed by atoms with Crippen molar-refractivity contribution in [2.45, 2.75) is 52.1 Å². The number of nitrogens with two attached hydrogens (primary N) is 1. The number of hydrogen-bond donors (Lipinski definition) is 2. The third-order valence-corrected chi connectivity index (χ3v) is 3.16. The quantitative estimate of drug-likeness (QED) is 0.778. The summed E-state index contributed by atoms with van der Waals surface area (Å²) in [5, 5.41) is 2.92. The summed E-state index contributed by atoms with van der Waals surface area (Å²) in [6.07, 6.45) is 3.81. The number of amides is 1. The summed E-state index contributed by atoms with van der Waals surface area (Å²) < 4.78 is 0. The molecule has 0 aliphatic heterocycles. The van der Waals surface area contributed by atoms with Gasteiger partial charge in [-0.2, -0.15) is 0 Å². The molecule has 1 aromatic rings. The minimum absolute atomic E-state index is 0.0469. The summed E-state index contributed by atoms with van der Waals surface area (Å²) in [6.45, 7) is 4.79. The standard InChI is InChI=1S/C15H24N2O/c1-3-5-10-14(16)15(18)17-11-13-9-7-6-8-12(13)4-2/h6-9,14H,3-5,10-11,16H2,1-2H3,(H,17,18). The number of carbonyl (C=O) groups is 1. The van der Waals surface area contributed by atoms with E-state index in [0.29, 0.717) is 6.54 Å². The van der Waals surface area contributed by atoms with Crippen molar-refractivity contribution >= 4 is 5.91 Å². The third kappa shape index (κ3) is 4.49. The Morgan fingerprint density at radius 3 is 2.56 bits per heavy atom. The topological polar surface area (TPSA) is 55.1 Å². The number of carbonyl (C=O) groups excluding carboxylic acids is 1. The highest BCUT2D eigenvalue weighted by molar-refractivity contribution is 5.81. The number of unbranched alkanes of at least 4 members (excludes halogenated alkanes) is 1. The van der Waals surface area contributed by atoms with Crippen LogP contribution in [0.15, 0.2) is 24.3 Å². The second-order valence-corrected chi connectivity index (χ2v) is 4.59. The smallest absolute Gasteiger partial charge is 0.237 e. The molecule has 0 aliphatic carbocycles. The first-order chi connectivity index (χ1) is 8.69. The van der Waals surface area contributed by atoms with E-state index in [1.54, 1.807) is 0 Å². The van der Waals surface area contributed by atoms with E-state index in [9.17, 15) is 4.79 Å². The number of benzene rings is 1. The average Bonchev–Trinajstić information content (AvgIpc) is 2.42. The van der Waals surface area contributed by atoms with Crippen molar-refractivity contribution in [3.05, 3.63) is 35.4 Å². The van der Waals surface area contributed by atoms with Crippen LogP contribution in [0.2, 0.25) is 0 Å². The lowest BCUT2D eigenvalue weighted by atomic mass is 10.1.